The van der Waals surface area contributed by atoms with Crippen LogP contribution in [0.3, 0.4) is 0 Å². The van der Waals surface area contributed by atoms with Crippen LogP contribution in [0.1, 0.15) is 54.6 Å². The highest BCUT2D eigenvalue weighted by Gasteiger charge is 2.31. The van der Waals surface area contributed by atoms with E-state index in [1.54, 1.807) is 11.8 Å². The highest BCUT2D eigenvalue weighted by Crippen LogP contribution is 2.31. The smallest absolute Gasteiger partial charge is 0.353 e. The summed E-state index contributed by atoms with van der Waals surface area (Å²) in [5, 5.41) is 25.2. The molecule has 3 rings (SSSR count). The Morgan fingerprint density at radius 3 is 2.61 bits per heavy atom. The Bertz CT molecular complexity index is 1200. The summed E-state index contributed by atoms with van der Waals surface area (Å²) in [5.41, 5.74) is 0.355. The van der Waals surface area contributed by atoms with Crippen molar-refractivity contribution in [3.05, 3.63) is 46.8 Å². The second-order valence-electron chi connectivity index (χ2n) is 8.90. The van der Waals surface area contributed by atoms with E-state index >= 15 is 0 Å². The number of hydrogen-bond donors (Lipinski definition) is 3. The van der Waals surface area contributed by atoms with Crippen LogP contribution in [0, 0.1) is 12.3 Å². The summed E-state index contributed by atoms with van der Waals surface area (Å²) >= 11 is 0. The number of piperidine rings is 1. The molecule has 2 aromatic rings. The predicted octanol–water partition coefficient (Wildman–Crippen LogP) is 2.30. The van der Waals surface area contributed by atoms with Gasteiger partial charge >= 0.3 is 6.18 Å². The number of rotatable bonds is 10. The number of aryl methyl sites for hydroxylation is 1. The summed E-state index contributed by atoms with van der Waals surface area (Å²) < 4.78 is 39.8. The molecule has 1 aromatic heterocycles. The van der Waals surface area contributed by atoms with Crippen molar-refractivity contribution < 1.29 is 22.8 Å². The molecule has 204 valence electrons. The lowest BCUT2D eigenvalue weighted by molar-refractivity contribution is -0.137. The lowest BCUT2D eigenvalue weighted by Crippen LogP contribution is -2.46. The first kappa shape index (κ1) is 28.5. The number of nitrogens with zero attached hydrogens (tertiary/aromatic N) is 6. The monoisotopic (exact) mass is 533 g/mol. The number of likely N-dealkylation sites (tertiary alicyclic amines) is 1. The fraction of sp³-hybridized carbons (Fsp3) is 0.458. The van der Waals surface area contributed by atoms with Crippen molar-refractivity contribution >= 4 is 29.8 Å². The molecule has 0 atom stereocenters. The molecule has 1 aromatic carbocycles. The third kappa shape index (κ3) is 8.21. The van der Waals surface area contributed by atoms with E-state index in [0.717, 1.165) is 18.3 Å². The molecule has 38 heavy (non-hydrogen) atoms. The Kier molecular flexibility index (Phi) is 9.68. The van der Waals surface area contributed by atoms with Crippen LogP contribution in [0.5, 0.6) is 0 Å². The minimum absolute atomic E-state index is 0.0363. The molecule has 11 nitrogen and oxygen atoms in total. The van der Waals surface area contributed by atoms with Gasteiger partial charge < -0.3 is 21.5 Å². The SMILES string of the molecule is Cc1nnn(Cc2cc(C(F)(F)F)ccc2/C=C/C(=O)N2CCC(NC(=O)CCCC(C=N)=NN)CC2)n1. The number of carbonyl (C=O) groups excluding carboxylic acids is 2. The topological polar surface area (TPSA) is 155 Å². The number of nitrogens with two attached hydrogens (primary N) is 1. The standard InChI is InChI=1S/C24H30F3N9O2/c1-16-32-34-36(33-16)15-18-13-19(24(25,26)27)7-5-17(18)6-8-23(38)35-11-9-20(10-12-35)30-22(37)4-2-3-21(14-28)31-29/h5-8,13-14,20,28H,2-4,9-12,15,29H2,1H3,(H,30,37)/b8-6+,28-14?,31-21?. The Balaban J connectivity index is 1.56. The van der Waals surface area contributed by atoms with Gasteiger partial charge in [-0.2, -0.15) is 23.1 Å². The molecule has 1 aliphatic rings. The van der Waals surface area contributed by atoms with Crippen molar-refractivity contribution in [1.29, 1.82) is 5.41 Å². The average Bonchev–Trinajstić information content (AvgIpc) is 3.29. The average molecular weight is 534 g/mol. The van der Waals surface area contributed by atoms with Gasteiger partial charge in [0.05, 0.1) is 17.8 Å². The maximum absolute atomic E-state index is 13.3. The quantitative estimate of drug-likeness (QED) is 0.184. The summed E-state index contributed by atoms with van der Waals surface area (Å²) in [6, 6.07) is 3.25. The molecule has 2 amide bonds. The predicted molar refractivity (Wildman–Crippen MR) is 134 cm³/mol. The number of aromatic nitrogens is 4. The van der Waals surface area contributed by atoms with Gasteiger partial charge in [-0.15, -0.1) is 10.2 Å². The highest BCUT2D eigenvalue weighted by atomic mass is 19.4. The second kappa shape index (κ2) is 12.9. The van der Waals surface area contributed by atoms with Gasteiger partial charge in [0, 0.05) is 37.8 Å². The lowest BCUT2D eigenvalue weighted by atomic mass is 10.0. The summed E-state index contributed by atoms with van der Waals surface area (Å²) in [5.74, 6) is 5.17. The minimum atomic E-state index is -4.51. The van der Waals surface area contributed by atoms with E-state index in [9.17, 15) is 22.8 Å². The number of benzene rings is 1. The number of carbonyl (C=O) groups is 2. The first-order valence-electron chi connectivity index (χ1n) is 12.1. The van der Waals surface area contributed by atoms with Crippen LogP contribution in [0.25, 0.3) is 6.08 Å². The minimum Gasteiger partial charge on any atom is -0.353 e. The highest BCUT2D eigenvalue weighted by molar-refractivity contribution is 6.29. The fourth-order valence-electron chi connectivity index (χ4n) is 4.04. The Labute approximate surface area is 217 Å². The molecule has 0 radical (unpaired) electrons. The van der Waals surface area contributed by atoms with Gasteiger partial charge in [0.25, 0.3) is 0 Å². The van der Waals surface area contributed by atoms with E-state index in [1.807, 2.05) is 0 Å². The molecule has 1 aliphatic heterocycles. The molecular weight excluding hydrogens is 503 g/mol. The number of amides is 2. The number of halogens is 3. The Morgan fingerprint density at radius 2 is 2.00 bits per heavy atom. The molecule has 0 spiro atoms. The van der Waals surface area contributed by atoms with Crippen LogP contribution in [0.4, 0.5) is 13.2 Å². The van der Waals surface area contributed by atoms with E-state index in [0.29, 0.717) is 61.4 Å². The van der Waals surface area contributed by atoms with Gasteiger partial charge in [0.2, 0.25) is 11.8 Å². The molecule has 0 bridgehead atoms. The second-order valence-corrected chi connectivity index (χ2v) is 8.90. The van der Waals surface area contributed by atoms with Crippen molar-refractivity contribution in [1.82, 2.24) is 30.4 Å². The van der Waals surface area contributed by atoms with Crippen molar-refractivity contribution in [2.75, 3.05) is 13.1 Å². The van der Waals surface area contributed by atoms with Crippen molar-refractivity contribution in [3.8, 4) is 0 Å². The molecule has 0 aliphatic carbocycles. The summed E-state index contributed by atoms with van der Waals surface area (Å²) in [6.45, 7) is 2.46. The van der Waals surface area contributed by atoms with Gasteiger partial charge in [0.1, 0.15) is 0 Å². The fourth-order valence-corrected chi connectivity index (χ4v) is 4.04. The summed E-state index contributed by atoms with van der Waals surface area (Å²) in [4.78, 5) is 27.8. The number of alkyl halides is 3. The number of hydrazone groups is 1. The van der Waals surface area contributed by atoms with Gasteiger partial charge in [-0.3, -0.25) is 9.59 Å². The third-order valence-corrected chi connectivity index (χ3v) is 6.08. The molecule has 1 fully saturated rings. The first-order chi connectivity index (χ1) is 18.1. The summed E-state index contributed by atoms with van der Waals surface area (Å²) in [6.07, 6.45) is 1.81. The van der Waals surface area contributed by atoms with E-state index < -0.39 is 11.7 Å². The van der Waals surface area contributed by atoms with Gasteiger partial charge in [-0.05, 0) is 67.2 Å². The zero-order valence-electron chi connectivity index (χ0n) is 20.9. The molecule has 4 N–H and O–H groups in total. The zero-order valence-corrected chi connectivity index (χ0v) is 20.9. The summed E-state index contributed by atoms with van der Waals surface area (Å²) in [7, 11) is 0. The number of tetrazole rings is 1. The first-order valence-corrected chi connectivity index (χ1v) is 12.1. The van der Waals surface area contributed by atoms with Crippen LogP contribution in [-0.4, -0.2) is 68.0 Å². The van der Waals surface area contributed by atoms with Crippen LogP contribution < -0.4 is 11.2 Å². The van der Waals surface area contributed by atoms with Gasteiger partial charge in [-0.25, -0.2) is 0 Å². The molecule has 2 heterocycles. The maximum atomic E-state index is 13.3. The van der Waals surface area contributed by atoms with E-state index in [2.05, 4.69) is 25.8 Å². The lowest BCUT2D eigenvalue weighted by Gasteiger charge is -2.31. The van der Waals surface area contributed by atoms with E-state index in [4.69, 9.17) is 11.3 Å². The van der Waals surface area contributed by atoms with Crippen molar-refractivity contribution in [2.45, 2.75) is 57.8 Å². The molecule has 0 unspecified atom stereocenters. The molecule has 14 heteroatoms. The molecule has 1 saturated heterocycles. The van der Waals surface area contributed by atoms with Crippen LogP contribution >= 0.6 is 0 Å². The normalized spacial score (nSPS) is 15.2. The van der Waals surface area contributed by atoms with Crippen molar-refractivity contribution in [2.24, 2.45) is 10.9 Å². The van der Waals surface area contributed by atoms with Crippen molar-refractivity contribution in [3.63, 3.8) is 0 Å². The molecular formula is C24H30F3N9O2. The Hall–Kier alpha value is -4.10. The van der Waals surface area contributed by atoms with Gasteiger partial charge in [-0.1, -0.05) is 6.07 Å². The third-order valence-electron chi connectivity index (χ3n) is 6.08. The molecule has 0 saturated carbocycles. The Morgan fingerprint density at radius 1 is 1.26 bits per heavy atom. The van der Waals surface area contributed by atoms with Crippen LogP contribution in [0.2, 0.25) is 0 Å². The van der Waals surface area contributed by atoms with E-state index in [-0.39, 0.29) is 30.8 Å². The van der Waals surface area contributed by atoms with Gasteiger partial charge in [0.15, 0.2) is 5.82 Å². The maximum Gasteiger partial charge on any atom is 0.416 e. The van der Waals surface area contributed by atoms with Crippen LogP contribution in [0.15, 0.2) is 29.4 Å². The zero-order chi connectivity index (χ0) is 27.7. The number of hydrogen-bond acceptors (Lipinski definition) is 8. The van der Waals surface area contributed by atoms with E-state index in [1.165, 1.54) is 23.0 Å². The number of nitrogens with one attached hydrogen (secondary N) is 2. The largest absolute Gasteiger partial charge is 0.416 e. The van der Waals surface area contributed by atoms with Crippen LogP contribution in [-0.2, 0) is 22.3 Å².